The van der Waals surface area contributed by atoms with Gasteiger partial charge in [-0.15, -0.1) is 0 Å². The van der Waals surface area contributed by atoms with Gasteiger partial charge in [0, 0.05) is 29.5 Å². The molecule has 6 heteroatoms. The second-order valence-corrected chi connectivity index (χ2v) is 7.10. The molecular formula is C17H26N4O2. The summed E-state index contributed by atoms with van der Waals surface area (Å²) in [4.78, 5) is 30.9. The first-order valence-corrected chi connectivity index (χ1v) is 8.50. The third-order valence-electron chi connectivity index (χ3n) is 5.35. The van der Waals surface area contributed by atoms with Crippen LogP contribution in [0, 0.1) is 13.8 Å². The predicted octanol–water partition coefficient (Wildman–Crippen LogP) is 0.993. The lowest BCUT2D eigenvalue weighted by Gasteiger charge is -2.51. The number of piperidine rings is 2. The van der Waals surface area contributed by atoms with Crippen LogP contribution in [0.4, 0.5) is 0 Å². The van der Waals surface area contributed by atoms with Crippen LogP contribution in [0.2, 0.25) is 0 Å². The molecule has 2 aliphatic rings. The minimum atomic E-state index is -0.336. The van der Waals surface area contributed by atoms with Crippen molar-refractivity contribution >= 4 is 5.91 Å². The van der Waals surface area contributed by atoms with E-state index >= 15 is 0 Å². The van der Waals surface area contributed by atoms with E-state index in [9.17, 15) is 9.59 Å². The largest absolute Gasteiger partial charge is 0.348 e. The highest BCUT2D eigenvalue weighted by Gasteiger charge is 2.44. The number of carbonyl (C=O) groups is 1. The van der Waals surface area contributed by atoms with Gasteiger partial charge < -0.3 is 10.2 Å². The van der Waals surface area contributed by atoms with Crippen molar-refractivity contribution in [2.24, 2.45) is 0 Å². The Labute approximate surface area is 136 Å². The van der Waals surface area contributed by atoms with Gasteiger partial charge in [0.05, 0.1) is 0 Å². The van der Waals surface area contributed by atoms with Crippen LogP contribution in [0.5, 0.6) is 0 Å². The molecule has 0 saturated carbocycles. The molecule has 126 valence electrons. The number of hydrogen-bond acceptors (Lipinski definition) is 4. The van der Waals surface area contributed by atoms with E-state index in [1.165, 1.54) is 4.57 Å². The SMILES string of the molecule is Cc1cc(C)n(CC(=O)N2CCC[C@]3(C)NCCC[C@@H]23)c(=O)n1. The van der Waals surface area contributed by atoms with Crippen molar-refractivity contribution < 1.29 is 4.79 Å². The molecule has 6 nitrogen and oxygen atoms in total. The molecule has 3 rings (SSSR count). The van der Waals surface area contributed by atoms with Crippen LogP contribution in [0.15, 0.2) is 10.9 Å². The van der Waals surface area contributed by atoms with Crippen molar-refractivity contribution in [3.05, 3.63) is 27.9 Å². The number of rotatable bonds is 2. The highest BCUT2D eigenvalue weighted by molar-refractivity contribution is 5.76. The zero-order valence-corrected chi connectivity index (χ0v) is 14.3. The quantitative estimate of drug-likeness (QED) is 0.883. The molecule has 3 heterocycles. The Morgan fingerprint density at radius 2 is 2.22 bits per heavy atom. The molecule has 0 unspecified atom stereocenters. The molecule has 1 aromatic rings. The number of amides is 1. The highest BCUT2D eigenvalue weighted by Crippen LogP contribution is 2.33. The number of nitrogens with zero attached hydrogens (tertiary/aromatic N) is 3. The van der Waals surface area contributed by atoms with Gasteiger partial charge >= 0.3 is 5.69 Å². The van der Waals surface area contributed by atoms with E-state index in [4.69, 9.17) is 0 Å². The molecule has 2 atom stereocenters. The van der Waals surface area contributed by atoms with Gasteiger partial charge in [-0.3, -0.25) is 9.36 Å². The van der Waals surface area contributed by atoms with E-state index in [0.29, 0.717) is 5.69 Å². The Morgan fingerprint density at radius 1 is 1.43 bits per heavy atom. The minimum Gasteiger partial charge on any atom is -0.336 e. The lowest BCUT2D eigenvalue weighted by atomic mass is 9.78. The van der Waals surface area contributed by atoms with Crippen molar-refractivity contribution in [2.45, 2.75) is 64.6 Å². The zero-order valence-electron chi connectivity index (χ0n) is 14.3. The van der Waals surface area contributed by atoms with Crippen LogP contribution in [0.25, 0.3) is 0 Å². The van der Waals surface area contributed by atoms with E-state index in [2.05, 4.69) is 17.2 Å². The van der Waals surface area contributed by atoms with Crippen LogP contribution in [0.1, 0.15) is 44.0 Å². The lowest BCUT2D eigenvalue weighted by molar-refractivity contribution is -0.139. The molecular weight excluding hydrogens is 292 g/mol. The maximum atomic E-state index is 12.9. The monoisotopic (exact) mass is 318 g/mol. The minimum absolute atomic E-state index is 0.0116. The van der Waals surface area contributed by atoms with Gasteiger partial charge in [0.25, 0.3) is 0 Å². The molecule has 2 saturated heterocycles. The number of hydrogen-bond donors (Lipinski definition) is 1. The summed E-state index contributed by atoms with van der Waals surface area (Å²) in [6, 6.07) is 2.07. The average Bonchev–Trinajstić information content (AvgIpc) is 2.49. The summed E-state index contributed by atoms with van der Waals surface area (Å²) in [5, 5.41) is 3.60. The van der Waals surface area contributed by atoms with Crippen LogP contribution in [-0.4, -0.2) is 45.0 Å². The van der Waals surface area contributed by atoms with Crippen LogP contribution < -0.4 is 11.0 Å². The summed E-state index contributed by atoms with van der Waals surface area (Å²) in [6.07, 6.45) is 4.24. The smallest absolute Gasteiger partial charge is 0.336 e. The Kier molecular flexibility index (Phi) is 4.27. The van der Waals surface area contributed by atoms with Crippen LogP contribution in [0.3, 0.4) is 0 Å². The van der Waals surface area contributed by atoms with Crippen molar-refractivity contribution in [3.8, 4) is 0 Å². The number of aryl methyl sites for hydroxylation is 2. The first-order valence-electron chi connectivity index (χ1n) is 8.50. The molecule has 0 radical (unpaired) electrons. The fraction of sp³-hybridized carbons (Fsp3) is 0.706. The summed E-state index contributed by atoms with van der Waals surface area (Å²) in [5.74, 6) is 0.0282. The van der Waals surface area contributed by atoms with Crippen molar-refractivity contribution in [1.82, 2.24) is 19.8 Å². The van der Waals surface area contributed by atoms with Crippen molar-refractivity contribution in [3.63, 3.8) is 0 Å². The molecule has 1 aromatic heterocycles. The number of fused-ring (bicyclic) bond motifs is 1. The fourth-order valence-corrected chi connectivity index (χ4v) is 4.12. The maximum absolute atomic E-state index is 12.9. The Hall–Kier alpha value is -1.69. The summed E-state index contributed by atoms with van der Waals surface area (Å²) in [6.45, 7) is 7.77. The second kappa shape index (κ2) is 6.07. The van der Waals surface area contributed by atoms with Crippen LogP contribution >= 0.6 is 0 Å². The van der Waals surface area contributed by atoms with Gasteiger partial charge in [-0.1, -0.05) is 0 Å². The Bertz CT molecular complexity index is 665. The van der Waals surface area contributed by atoms with Gasteiger partial charge in [0.1, 0.15) is 6.54 Å². The highest BCUT2D eigenvalue weighted by atomic mass is 16.2. The average molecular weight is 318 g/mol. The zero-order chi connectivity index (χ0) is 16.6. The number of aromatic nitrogens is 2. The van der Waals surface area contributed by atoms with E-state index in [1.807, 2.05) is 17.9 Å². The lowest BCUT2D eigenvalue weighted by Crippen LogP contribution is -2.66. The third-order valence-corrected chi connectivity index (χ3v) is 5.35. The van der Waals surface area contributed by atoms with E-state index in [1.54, 1.807) is 6.92 Å². The standard InChI is InChI=1S/C17H26N4O2/c1-12-10-13(2)21(16(23)19-12)11-15(22)20-9-5-7-17(3)14(20)6-4-8-18-17/h10,14,18H,4-9,11H2,1-3H3/t14-,17+/m1/s1. The maximum Gasteiger partial charge on any atom is 0.348 e. The topological polar surface area (TPSA) is 67.2 Å². The molecule has 0 bridgehead atoms. The molecule has 1 N–H and O–H groups in total. The second-order valence-electron chi connectivity index (χ2n) is 7.10. The Balaban J connectivity index is 1.82. The van der Waals surface area contributed by atoms with Gasteiger partial charge in [-0.05, 0) is 59.1 Å². The van der Waals surface area contributed by atoms with E-state index < -0.39 is 0 Å². The number of nitrogens with one attached hydrogen (secondary N) is 1. The van der Waals surface area contributed by atoms with Crippen LogP contribution in [-0.2, 0) is 11.3 Å². The molecule has 23 heavy (non-hydrogen) atoms. The first-order chi connectivity index (χ1) is 10.9. The Morgan fingerprint density at radius 3 is 2.96 bits per heavy atom. The summed E-state index contributed by atoms with van der Waals surface area (Å²) < 4.78 is 1.48. The molecule has 0 spiro atoms. The van der Waals surface area contributed by atoms with Gasteiger partial charge in [-0.2, -0.15) is 4.98 Å². The molecule has 1 amide bonds. The summed E-state index contributed by atoms with van der Waals surface area (Å²) in [5.41, 5.74) is 1.16. The van der Waals surface area contributed by atoms with Crippen molar-refractivity contribution in [1.29, 1.82) is 0 Å². The molecule has 0 aromatic carbocycles. The van der Waals surface area contributed by atoms with Gasteiger partial charge in [0.15, 0.2) is 0 Å². The molecule has 0 aliphatic carbocycles. The van der Waals surface area contributed by atoms with Gasteiger partial charge in [-0.25, -0.2) is 4.79 Å². The normalized spacial score (nSPS) is 27.6. The van der Waals surface area contributed by atoms with E-state index in [-0.39, 0.29) is 29.7 Å². The molecule has 2 aliphatic heterocycles. The number of likely N-dealkylation sites (tertiary alicyclic amines) is 1. The summed E-state index contributed by atoms with van der Waals surface area (Å²) >= 11 is 0. The van der Waals surface area contributed by atoms with Gasteiger partial charge in [0.2, 0.25) is 5.91 Å². The first kappa shape index (κ1) is 16.2. The van der Waals surface area contributed by atoms with E-state index in [0.717, 1.165) is 44.5 Å². The number of carbonyl (C=O) groups excluding carboxylic acids is 1. The van der Waals surface area contributed by atoms with Crippen molar-refractivity contribution in [2.75, 3.05) is 13.1 Å². The third kappa shape index (κ3) is 3.04. The predicted molar refractivity (Wildman–Crippen MR) is 88.3 cm³/mol. The molecule has 2 fully saturated rings. The fourth-order valence-electron chi connectivity index (χ4n) is 4.12. The summed E-state index contributed by atoms with van der Waals surface area (Å²) in [7, 11) is 0.